The van der Waals surface area contributed by atoms with Crippen LogP contribution in [0.4, 0.5) is 8.78 Å². The smallest absolute Gasteiger partial charge is 0.129 e. The van der Waals surface area contributed by atoms with Gasteiger partial charge in [-0.2, -0.15) is 0 Å². The lowest BCUT2D eigenvalue weighted by atomic mass is 10.00. The lowest BCUT2D eigenvalue weighted by Gasteiger charge is -2.16. The maximum atomic E-state index is 13.5. The van der Waals surface area contributed by atoms with E-state index in [-0.39, 0.29) is 11.6 Å². The molecular weight excluding hydrogens is 236 g/mol. The van der Waals surface area contributed by atoms with Crippen molar-refractivity contribution >= 4 is 0 Å². The standard InChI is InChI=1S/C14H15F2NO/c1-17-11(7-10-5-6-18-9-10)8-12-13(15)3-2-4-14(12)16/h2-6,9,11,17H,7-8H2,1H3. The van der Waals surface area contributed by atoms with E-state index in [0.717, 1.165) is 5.56 Å². The molecule has 18 heavy (non-hydrogen) atoms. The van der Waals surface area contributed by atoms with Crippen LogP contribution in [-0.4, -0.2) is 13.1 Å². The SMILES string of the molecule is CNC(Cc1ccoc1)Cc1c(F)cccc1F. The quantitative estimate of drug-likeness (QED) is 0.883. The van der Waals surface area contributed by atoms with Crippen LogP contribution in [0.5, 0.6) is 0 Å². The second-order valence-corrected chi connectivity index (χ2v) is 4.23. The second-order valence-electron chi connectivity index (χ2n) is 4.23. The van der Waals surface area contributed by atoms with E-state index in [1.54, 1.807) is 19.6 Å². The summed E-state index contributed by atoms with van der Waals surface area (Å²) in [6.07, 6.45) is 4.20. The average molecular weight is 251 g/mol. The van der Waals surface area contributed by atoms with E-state index in [2.05, 4.69) is 5.32 Å². The van der Waals surface area contributed by atoms with Gasteiger partial charge in [-0.25, -0.2) is 8.78 Å². The summed E-state index contributed by atoms with van der Waals surface area (Å²) < 4.78 is 32.1. The van der Waals surface area contributed by atoms with Gasteiger partial charge in [0.05, 0.1) is 12.5 Å². The fourth-order valence-corrected chi connectivity index (χ4v) is 1.94. The topological polar surface area (TPSA) is 25.2 Å². The number of hydrogen-bond acceptors (Lipinski definition) is 2. The van der Waals surface area contributed by atoms with Gasteiger partial charge in [0, 0.05) is 11.6 Å². The van der Waals surface area contributed by atoms with Crippen molar-refractivity contribution < 1.29 is 13.2 Å². The van der Waals surface area contributed by atoms with Crippen LogP contribution in [0.3, 0.4) is 0 Å². The van der Waals surface area contributed by atoms with Crippen LogP contribution in [-0.2, 0) is 12.8 Å². The summed E-state index contributed by atoms with van der Waals surface area (Å²) in [7, 11) is 1.78. The van der Waals surface area contributed by atoms with Gasteiger partial charge in [0.15, 0.2) is 0 Å². The zero-order valence-electron chi connectivity index (χ0n) is 10.1. The number of rotatable bonds is 5. The highest BCUT2D eigenvalue weighted by Crippen LogP contribution is 2.16. The molecular formula is C14H15F2NO. The molecule has 0 amide bonds. The predicted octanol–water partition coefficient (Wildman–Crippen LogP) is 2.93. The maximum Gasteiger partial charge on any atom is 0.129 e. The molecule has 0 saturated heterocycles. The Hall–Kier alpha value is -1.68. The van der Waals surface area contributed by atoms with Gasteiger partial charge in [0.1, 0.15) is 11.6 Å². The molecule has 0 aliphatic carbocycles. The third-order valence-electron chi connectivity index (χ3n) is 2.98. The molecule has 0 spiro atoms. The Kier molecular flexibility index (Phi) is 4.10. The molecule has 2 nitrogen and oxygen atoms in total. The Morgan fingerprint density at radius 2 is 1.89 bits per heavy atom. The molecule has 0 radical (unpaired) electrons. The van der Waals surface area contributed by atoms with E-state index < -0.39 is 11.6 Å². The van der Waals surface area contributed by atoms with Gasteiger partial charge in [-0.3, -0.25) is 0 Å². The second kappa shape index (κ2) is 5.78. The Balaban J connectivity index is 2.10. The van der Waals surface area contributed by atoms with Crippen LogP contribution in [0, 0.1) is 11.6 Å². The summed E-state index contributed by atoms with van der Waals surface area (Å²) in [5, 5.41) is 3.07. The molecule has 1 heterocycles. The van der Waals surface area contributed by atoms with E-state index in [4.69, 9.17) is 4.42 Å². The van der Waals surface area contributed by atoms with Crippen LogP contribution in [0.1, 0.15) is 11.1 Å². The van der Waals surface area contributed by atoms with Crippen molar-refractivity contribution in [3.63, 3.8) is 0 Å². The van der Waals surface area contributed by atoms with Crippen molar-refractivity contribution in [2.45, 2.75) is 18.9 Å². The van der Waals surface area contributed by atoms with Crippen molar-refractivity contribution in [3.8, 4) is 0 Å². The molecule has 1 unspecified atom stereocenters. The lowest BCUT2D eigenvalue weighted by molar-refractivity contribution is 0.498. The highest BCUT2D eigenvalue weighted by molar-refractivity contribution is 5.21. The van der Waals surface area contributed by atoms with E-state index >= 15 is 0 Å². The molecule has 4 heteroatoms. The molecule has 1 atom stereocenters. The number of furan rings is 1. The number of hydrogen-bond donors (Lipinski definition) is 1. The Bertz CT molecular complexity index is 476. The highest BCUT2D eigenvalue weighted by atomic mass is 19.1. The normalized spacial score (nSPS) is 12.6. The Morgan fingerprint density at radius 3 is 2.44 bits per heavy atom. The van der Waals surface area contributed by atoms with Gasteiger partial charge < -0.3 is 9.73 Å². The molecule has 0 saturated carbocycles. The molecule has 96 valence electrons. The third kappa shape index (κ3) is 2.96. The van der Waals surface area contributed by atoms with Crippen LogP contribution < -0.4 is 5.32 Å². The van der Waals surface area contributed by atoms with Crippen molar-refractivity contribution in [2.75, 3.05) is 7.05 Å². The number of benzene rings is 1. The van der Waals surface area contributed by atoms with Gasteiger partial charge in [0.25, 0.3) is 0 Å². The van der Waals surface area contributed by atoms with Crippen molar-refractivity contribution in [3.05, 3.63) is 59.6 Å². The molecule has 1 N–H and O–H groups in total. The van der Waals surface area contributed by atoms with Crippen LogP contribution >= 0.6 is 0 Å². The average Bonchev–Trinajstić information content (AvgIpc) is 2.85. The van der Waals surface area contributed by atoms with Crippen molar-refractivity contribution in [1.29, 1.82) is 0 Å². The Morgan fingerprint density at radius 1 is 1.17 bits per heavy atom. The van der Waals surface area contributed by atoms with Crippen molar-refractivity contribution in [1.82, 2.24) is 5.32 Å². The van der Waals surface area contributed by atoms with Gasteiger partial charge >= 0.3 is 0 Å². The minimum absolute atomic E-state index is 0.0333. The van der Waals surface area contributed by atoms with Crippen LogP contribution in [0.25, 0.3) is 0 Å². The fraction of sp³-hybridized carbons (Fsp3) is 0.286. The number of nitrogens with one attached hydrogen (secondary N) is 1. The zero-order chi connectivity index (χ0) is 13.0. The maximum absolute atomic E-state index is 13.5. The molecule has 2 rings (SSSR count). The monoisotopic (exact) mass is 251 g/mol. The summed E-state index contributed by atoms with van der Waals surface area (Å²) in [4.78, 5) is 0. The predicted molar refractivity (Wildman–Crippen MR) is 65.3 cm³/mol. The van der Waals surface area contributed by atoms with Crippen LogP contribution in [0.15, 0.2) is 41.2 Å². The molecule has 2 aromatic rings. The summed E-state index contributed by atoms with van der Waals surface area (Å²) in [5.74, 6) is -0.995. The van der Waals surface area contributed by atoms with Gasteiger partial charge in [-0.1, -0.05) is 6.07 Å². The summed E-state index contributed by atoms with van der Waals surface area (Å²) in [6.45, 7) is 0. The molecule has 0 bridgehead atoms. The first kappa shape index (κ1) is 12.8. The highest BCUT2D eigenvalue weighted by Gasteiger charge is 2.15. The Labute approximate surface area is 105 Å². The number of likely N-dealkylation sites (N-methyl/N-ethyl adjacent to an activating group) is 1. The number of halogens is 2. The first-order valence-corrected chi connectivity index (χ1v) is 5.82. The fourth-order valence-electron chi connectivity index (χ4n) is 1.94. The third-order valence-corrected chi connectivity index (χ3v) is 2.98. The van der Waals surface area contributed by atoms with E-state index in [1.165, 1.54) is 18.2 Å². The van der Waals surface area contributed by atoms with Gasteiger partial charge in [-0.15, -0.1) is 0 Å². The minimum atomic E-state index is -0.498. The molecule has 1 aromatic carbocycles. The van der Waals surface area contributed by atoms with E-state index in [0.29, 0.717) is 12.8 Å². The van der Waals surface area contributed by atoms with Gasteiger partial charge in [0.2, 0.25) is 0 Å². The molecule has 0 aliphatic rings. The van der Waals surface area contributed by atoms with E-state index in [9.17, 15) is 8.78 Å². The van der Waals surface area contributed by atoms with E-state index in [1.807, 2.05) is 6.07 Å². The van der Waals surface area contributed by atoms with Crippen LogP contribution in [0.2, 0.25) is 0 Å². The first-order chi connectivity index (χ1) is 8.70. The summed E-state index contributed by atoms with van der Waals surface area (Å²) in [6, 6.07) is 5.75. The largest absolute Gasteiger partial charge is 0.472 e. The van der Waals surface area contributed by atoms with Gasteiger partial charge in [-0.05, 0) is 43.7 Å². The summed E-state index contributed by atoms with van der Waals surface area (Å²) in [5.41, 5.74) is 1.13. The molecule has 0 fully saturated rings. The minimum Gasteiger partial charge on any atom is -0.472 e. The molecule has 0 aliphatic heterocycles. The van der Waals surface area contributed by atoms with Crippen molar-refractivity contribution in [2.24, 2.45) is 0 Å². The zero-order valence-corrected chi connectivity index (χ0v) is 10.1. The summed E-state index contributed by atoms with van der Waals surface area (Å²) >= 11 is 0. The lowest BCUT2D eigenvalue weighted by Crippen LogP contribution is -2.30. The molecule has 1 aromatic heterocycles. The first-order valence-electron chi connectivity index (χ1n) is 5.82.